The van der Waals surface area contributed by atoms with Crippen molar-refractivity contribution in [2.75, 3.05) is 10.6 Å². The number of hydrogen-bond donors (Lipinski definition) is 2. The first-order chi connectivity index (χ1) is 13.4. The zero-order chi connectivity index (χ0) is 21.4. The van der Waals surface area contributed by atoms with E-state index in [4.69, 9.17) is 9.31 Å². The molecule has 2 aromatic rings. The average molecular weight is 408 g/mol. The maximum absolute atomic E-state index is 12.7. The first-order valence-electron chi connectivity index (χ1n) is 8.80. The molecule has 1 saturated heterocycles. The summed E-state index contributed by atoms with van der Waals surface area (Å²) in [5, 5.41) is 4.68. The number of nitrogens with zero attached hydrogens (tertiary/aromatic N) is 2. The van der Waals surface area contributed by atoms with Crippen LogP contribution in [0.2, 0.25) is 0 Å². The molecule has 11 heteroatoms. The van der Waals surface area contributed by atoms with Crippen LogP contribution >= 0.6 is 0 Å². The Morgan fingerprint density at radius 3 is 2.17 bits per heavy atom. The zero-order valence-electron chi connectivity index (χ0n) is 16.3. The Bertz CT molecular complexity index is 888. The molecule has 1 aliphatic heterocycles. The van der Waals surface area contributed by atoms with Crippen molar-refractivity contribution in [2.24, 2.45) is 0 Å². The minimum atomic E-state index is -4.53. The second-order valence-corrected chi connectivity index (χ2v) is 7.57. The zero-order valence-corrected chi connectivity index (χ0v) is 16.3. The minimum absolute atomic E-state index is 0.203. The van der Waals surface area contributed by atoms with Crippen LogP contribution in [0.3, 0.4) is 0 Å². The van der Waals surface area contributed by atoms with Crippen LogP contribution in [0.1, 0.15) is 33.3 Å². The van der Waals surface area contributed by atoms with Crippen LogP contribution in [0.25, 0.3) is 0 Å². The summed E-state index contributed by atoms with van der Waals surface area (Å²) in [4.78, 5) is 19.8. The molecule has 154 valence electrons. The summed E-state index contributed by atoms with van der Waals surface area (Å²) < 4.78 is 50.0. The van der Waals surface area contributed by atoms with Crippen LogP contribution < -0.4 is 16.1 Å². The molecule has 0 radical (unpaired) electrons. The molecule has 7 nitrogen and oxygen atoms in total. The Labute approximate surface area is 166 Å². The van der Waals surface area contributed by atoms with Crippen molar-refractivity contribution in [3.8, 4) is 0 Å². The number of halogens is 3. The summed E-state index contributed by atoms with van der Waals surface area (Å²) in [7, 11) is -0.593. The second kappa shape index (κ2) is 7.31. The summed E-state index contributed by atoms with van der Waals surface area (Å²) in [6.45, 7) is 7.73. The highest BCUT2D eigenvalue weighted by Gasteiger charge is 2.51. The molecule has 0 atom stereocenters. The van der Waals surface area contributed by atoms with Gasteiger partial charge in [-0.05, 0) is 45.9 Å². The van der Waals surface area contributed by atoms with E-state index in [1.54, 1.807) is 12.1 Å². The van der Waals surface area contributed by atoms with Gasteiger partial charge in [0.1, 0.15) is 11.6 Å². The molecule has 3 heterocycles. The number of hydrogen-bond acceptors (Lipinski definition) is 5. The standard InChI is InChI=1S/C18H20BF3N4O3/c1-16(2)17(3,4)29-19(28-16)12-5-6-13(24-10-12)25-15(27)26-14-9-11(7-8-23-14)18(20,21)22/h5-10H,1-4H3,(H2,23,24,25,26,27). The number of aromatic nitrogens is 2. The quantitative estimate of drug-likeness (QED) is 0.761. The Morgan fingerprint density at radius 2 is 1.62 bits per heavy atom. The van der Waals surface area contributed by atoms with Crippen molar-refractivity contribution >= 4 is 30.2 Å². The lowest BCUT2D eigenvalue weighted by Crippen LogP contribution is -2.41. The number of alkyl halides is 3. The van der Waals surface area contributed by atoms with Gasteiger partial charge in [0.15, 0.2) is 0 Å². The maximum Gasteiger partial charge on any atom is 0.496 e. The van der Waals surface area contributed by atoms with Crippen LogP contribution in [0.4, 0.5) is 29.6 Å². The largest absolute Gasteiger partial charge is 0.496 e. The molecule has 3 rings (SSSR count). The first kappa shape index (κ1) is 21.1. The van der Waals surface area contributed by atoms with Gasteiger partial charge in [0.05, 0.1) is 16.8 Å². The fourth-order valence-corrected chi connectivity index (χ4v) is 2.54. The summed E-state index contributed by atoms with van der Waals surface area (Å²) in [5.41, 5.74) is -1.22. The van der Waals surface area contributed by atoms with Crippen LogP contribution in [-0.4, -0.2) is 34.3 Å². The smallest absolute Gasteiger partial charge is 0.399 e. The Hall–Kier alpha value is -2.66. The predicted octanol–water partition coefficient (Wildman–Crippen LogP) is 3.44. The van der Waals surface area contributed by atoms with Crippen LogP contribution in [-0.2, 0) is 15.5 Å². The Kier molecular flexibility index (Phi) is 5.31. The summed E-state index contributed by atoms with van der Waals surface area (Å²) in [6, 6.07) is 4.02. The topological polar surface area (TPSA) is 85.4 Å². The number of urea groups is 1. The molecular weight excluding hydrogens is 388 g/mol. The third-order valence-electron chi connectivity index (χ3n) is 4.88. The molecule has 0 spiro atoms. The number of pyridine rings is 2. The van der Waals surface area contributed by atoms with E-state index >= 15 is 0 Å². The predicted molar refractivity (Wildman–Crippen MR) is 102 cm³/mol. The van der Waals surface area contributed by atoms with E-state index in [1.807, 2.05) is 27.7 Å². The molecule has 2 N–H and O–H groups in total. The number of amides is 2. The molecule has 2 aromatic heterocycles. The van der Waals surface area contributed by atoms with Crippen molar-refractivity contribution in [2.45, 2.75) is 45.1 Å². The van der Waals surface area contributed by atoms with Crippen molar-refractivity contribution in [1.82, 2.24) is 9.97 Å². The van der Waals surface area contributed by atoms with Crippen molar-refractivity contribution < 1.29 is 27.3 Å². The van der Waals surface area contributed by atoms with Gasteiger partial charge in [-0.3, -0.25) is 10.6 Å². The average Bonchev–Trinajstić information content (AvgIpc) is 2.82. The lowest BCUT2D eigenvalue weighted by Gasteiger charge is -2.32. The number of rotatable bonds is 3. The van der Waals surface area contributed by atoms with Gasteiger partial charge in [-0.1, -0.05) is 6.07 Å². The molecule has 0 saturated carbocycles. The van der Waals surface area contributed by atoms with Crippen molar-refractivity contribution in [3.05, 3.63) is 42.2 Å². The molecule has 1 fully saturated rings. The van der Waals surface area contributed by atoms with Gasteiger partial charge < -0.3 is 9.31 Å². The number of carbonyl (C=O) groups excluding carboxylic acids is 1. The highest BCUT2D eigenvalue weighted by atomic mass is 19.4. The van der Waals surface area contributed by atoms with E-state index in [1.165, 1.54) is 6.20 Å². The molecular formula is C18H20BF3N4O3. The number of carbonyl (C=O) groups is 1. The first-order valence-corrected chi connectivity index (χ1v) is 8.80. The Balaban J connectivity index is 1.63. The highest BCUT2D eigenvalue weighted by Crippen LogP contribution is 2.36. The number of nitrogens with one attached hydrogen (secondary N) is 2. The molecule has 0 aromatic carbocycles. The molecule has 0 unspecified atom stereocenters. The van der Waals surface area contributed by atoms with Crippen molar-refractivity contribution in [3.63, 3.8) is 0 Å². The summed E-state index contributed by atoms with van der Waals surface area (Å²) in [5.74, 6) is -0.0269. The van der Waals surface area contributed by atoms with Gasteiger partial charge in [-0.15, -0.1) is 0 Å². The fraction of sp³-hybridized carbons (Fsp3) is 0.389. The third kappa shape index (κ3) is 4.68. The highest BCUT2D eigenvalue weighted by molar-refractivity contribution is 6.62. The summed E-state index contributed by atoms with van der Waals surface area (Å²) >= 11 is 0. The van der Waals surface area contributed by atoms with Gasteiger partial charge in [-0.25, -0.2) is 14.8 Å². The van der Waals surface area contributed by atoms with Gasteiger partial charge in [-0.2, -0.15) is 13.2 Å². The normalized spacial score (nSPS) is 17.8. The maximum atomic E-state index is 12.7. The molecule has 0 aliphatic carbocycles. The van der Waals surface area contributed by atoms with Crippen molar-refractivity contribution in [1.29, 1.82) is 0 Å². The van der Waals surface area contributed by atoms with E-state index < -0.39 is 36.1 Å². The van der Waals surface area contributed by atoms with E-state index in [9.17, 15) is 18.0 Å². The fourth-order valence-electron chi connectivity index (χ4n) is 2.54. The monoisotopic (exact) mass is 408 g/mol. The number of anilines is 2. The second-order valence-electron chi connectivity index (χ2n) is 7.57. The molecule has 29 heavy (non-hydrogen) atoms. The molecule has 1 aliphatic rings. The van der Waals surface area contributed by atoms with Gasteiger partial charge >= 0.3 is 19.3 Å². The van der Waals surface area contributed by atoms with Crippen LogP contribution in [0.5, 0.6) is 0 Å². The molecule has 2 amide bonds. The van der Waals surface area contributed by atoms with Crippen LogP contribution in [0.15, 0.2) is 36.7 Å². The van der Waals surface area contributed by atoms with Gasteiger partial charge in [0, 0.05) is 17.9 Å². The van der Waals surface area contributed by atoms with E-state index in [2.05, 4.69) is 20.6 Å². The lowest BCUT2D eigenvalue weighted by molar-refractivity contribution is -0.137. The SMILES string of the molecule is CC1(C)OB(c2ccc(NC(=O)Nc3cc(C(F)(F)F)ccn3)nc2)OC1(C)C. The van der Waals surface area contributed by atoms with Crippen LogP contribution in [0, 0.1) is 0 Å². The Morgan fingerprint density at radius 1 is 1.00 bits per heavy atom. The van der Waals surface area contributed by atoms with Gasteiger partial charge in [0.25, 0.3) is 0 Å². The third-order valence-corrected chi connectivity index (χ3v) is 4.88. The van der Waals surface area contributed by atoms with Gasteiger partial charge in [0.2, 0.25) is 0 Å². The lowest BCUT2D eigenvalue weighted by atomic mass is 9.80. The summed E-state index contributed by atoms with van der Waals surface area (Å²) in [6.07, 6.45) is -2.06. The van der Waals surface area contributed by atoms with E-state index in [0.717, 1.165) is 18.3 Å². The van der Waals surface area contributed by atoms with E-state index in [0.29, 0.717) is 5.46 Å². The minimum Gasteiger partial charge on any atom is -0.399 e. The van der Waals surface area contributed by atoms with E-state index in [-0.39, 0.29) is 11.6 Å². The molecule has 0 bridgehead atoms.